The molecule has 0 bridgehead atoms. The Bertz CT molecular complexity index is 992. The van der Waals surface area contributed by atoms with Gasteiger partial charge in [-0.3, -0.25) is 9.10 Å². The summed E-state index contributed by atoms with van der Waals surface area (Å²) in [5.41, 5.74) is 3.95. The number of fused-ring (bicyclic) bond motifs is 1. The minimum atomic E-state index is -3.52. The molecule has 1 aliphatic rings. The van der Waals surface area contributed by atoms with Gasteiger partial charge >= 0.3 is 0 Å². The number of carbonyl (C=O) groups excluding carboxylic acids is 1. The summed E-state index contributed by atoms with van der Waals surface area (Å²) in [6.07, 6.45) is 0.267. The Morgan fingerprint density at radius 2 is 2.00 bits per heavy atom. The number of hydrogen-bond acceptors (Lipinski definition) is 5. The van der Waals surface area contributed by atoms with Crippen LogP contribution >= 0.6 is 11.8 Å². The first-order valence-corrected chi connectivity index (χ1v) is 12.4. The van der Waals surface area contributed by atoms with Gasteiger partial charge in [-0.1, -0.05) is 30.3 Å². The molecule has 0 saturated carbocycles. The van der Waals surface area contributed by atoms with Crippen LogP contribution in [-0.2, 0) is 20.6 Å². The van der Waals surface area contributed by atoms with Gasteiger partial charge in [-0.05, 0) is 42.7 Å². The number of benzene rings is 2. The van der Waals surface area contributed by atoms with E-state index in [2.05, 4.69) is 24.4 Å². The van der Waals surface area contributed by atoms with Gasteiger partial charge in [0.2, 0.25) is 10.0 Å². The maximum Gasteiger partial charge on any atom is 0.263 e. The Labute approximate surface area is 176 Å². The van der Waals surface area contributed by atoms with Crippen LogP contribution in [0.3, 0.4) is 0 Å². The van der Waals surface area contributed by atoms with Crippen LogP contribution in [0.15, 0.2) is 42.5 Å². The van der Waals surface area contributed by atoms with Crippen molar-refractivity contribution in [3.05, 3.63) is 59.2 Å². The Hall–Kier alpha value is -2.19. The number of aryl methyl sites for hydroxylation is 2. The normalized spacial score (nSPS) is 16.1. The maximum absolute atomic E-state index is 12.6. The molecule has 0 radical (unpaired) electrons. The minimum Gasteiger partial charge on any atom is -0.476 e. The van der Waals surface area contributed by atoms with Crippen LogP contribution in [0.5, 0.6) is 5.75 Å². The number of nitrogens with one attached hydrogen (secondary N) is 1. The Morgan fingerprint density at radius 3 is 2.72 bits per heavy atom. The van der Waals surface area contributed by atoms with Gasteiger partial charge < -0.3 is 10.1 Å². The molecule has 1 N–H and O–H groups in total. The van der Waals surface area contributed by atoms with Gasteiger partial charge in [0, 0.05) is 18.1 Å². The third kappa shape index (κ3) is 5.45. The second-order valence-electron chi connectivity index (χ2n) is 7.14. The number of rotatable bonds is 7. The lowest BCUT2D eigenvalue weighted by molar-refractivity contribution is -0.127. The van der Waals surface area contributed by atoms with E-state index in [1.54, 1.807) is 23.9 Å². The second kappa shape index (κ2) is 9.09. The number of hydrogen-bond donors (Lipinski definition) is 1. The summed E-state index contributed by atoms with van der Waals surface area (Å²) < 4.78 is 31.5. The zero-order valence-electron chi connectivity index (χ0n) is 16.8. The lowest BCUT2D eigenvalue weighted by Crippen LogP contribution is -2.50. The van der Waals surface area contributed by atoms with Gasteiger partial charge in [0.25, 0.3) is 5.91 Å². The molecule has 2 aromatic rings. The highest BCUT2D eigenvalue weighted by molar-refractivity contribution is 7.98. The van der Waals surface area contributed by atoms with E-state index in [1.807, 2.05) is 25.1 Å². The highest BCUT2D eigenvalue weighted by atomic mass is 32.2. The predicted molar refractivity (Wildman–Crippen MR) is 118 cm³/mol. The molecule has 1 aliphatic heterocycles. The first-order chi connectivity index (χ1) is 13.8. The monoisotopic (exact) mass is 434 g/mol. The van der Waals surface area contributed by atoms with E-state index >= 15 is 0 Å². The fraction of sp³-hybridized carbons (Fsp3) is 0.381. The molecule has 1 atom stereocenters. The van der Waals surface area contributed by atoms with E-state index in [1.165, 1.54) is 15.4 Å². The summed E-state index contributed by atoms with van der Waals surface area (Å²) in [6, 6.07) is 13.5. The van der Waals surface area contributed by atoms with Crippen molar-refractivity contribution in [1.29, 1.82) is 0 Å². The van der Waals surface area contributed by atoms with Gasteiger partial charge in [0.1, 0.15) is 5.75 Å². The molecule has 0 saturated heterocycles. The topological polar surface area (TPSA) is 75.7 Å². The highest BCUT2D eigenvalue weighted by Gasteiger charge is 2.34. The van der Waals surface area contributed by atoms with E-state index in [0.717, 1.165) is 23.3 Å². The first-order valence-electron chi connectivity index (χ1n) is 9.40. The molecule has 0 aliphatic carbocycles. The molecule has 0 spiro atoms. The van der Waals surface area contributed by atoms with Crippen LogP contribution in [0.4, 0.5) is 5.69 Å². The number of carbonyl (C=O) groups is 1. The van der Waals surface area contributed by atoms with Gasteiger partial charge in [-0.2, -0.15) is 11.8 Å². The van der Waals surface area contributed by atoms with Gasteiger partial charge in [-0.15, -0.1) is 0 Å². The molecule has 2 aromatic carbocycles. The van der Waals surface area contributed by atoms with Crippen LogP contribution in [0.2, 0.25) is 0 Å². The van der Waals surface area contributed by atoms with E-state index in [-0.39, 0.29) is 12.5 Å². The molecular weight excluding hydrogens is 408 g/mol. The van der Waals surface area contributed by atoms with Crippen molar-refractivity contribution in [2.24, 2.45) is 0 Å². The van der Waals surface area contributed by atoms with E-state index in [9.17, 15) is 13.2 Å². The van der Waals surface area contributed by atoms with Crippen LogP contribution in [0.1, 0.15) is 16.7 Å². The summed E-state index contributed by atoms with van der Waals surface area (Å²) >= 11 is 1.74. The molecule has 0 aromatic heterocycles. The molecule has 1 heterocycles. The molecule has 0 fully saturated rings. The van der Waals surface area contributed by atoms with Crippen molar-refractivity contribution in [3.8, 4) is 5.75 Å². The molecule has 29 heavy (non-hydrogen) atoms. The summed E-state index contributed by atoms with van der Waals surface area (Å²) in [7, 11) is -3.52. The van der Waals surface area contributed by atoms with Crippen molar-refractivity contribution in [2.45, 2.75) is 25.7 Å². The lowest BCUT2D eigenvalue weighted by Gasteiger charge is -2.34. The van der Waals surface area contributed by atoms with E-state index < -0.39 is 16.1 Å². The zero-order chi connectivity index (χ0) is 21.0. The SMILES string of the molecule is Cc1ccc2c(c1)N(S(C)(=O)=O)C[C@@H](C(=O)NCCSCc1ccccc1C)O2. The second-order valence-corrected chi connectivity index (χ2v) is 10.2. The van der Waals surface area contributed by atoms with Crippen molar-refractivity contribution in [1.82, 2.24) is 5.32 Å². The summed E-state index contributed by atoms with van der Waals surface area (Å²) in [5, 5.41) is 2.86. The smallest absolute Gasteiger partial charge is 0.263 e. The fourth-order valence-corrected chi connectivity index (χ4v) is 4.97. The number of amides is 1. The van der Waals surface area contributed by atoms with Crippen molar-refractivity contribution in [2.75, 3.05) is 29.4 Å². The van der Waals surface area contributed by atoms with Crippen LogP contribution in [-0.4, -0.2) is 45.5 Å². The molecule has 3 rings (SSSR count). The highest BCUT2D eigenvalue weighted by Crippen LogP contribution is 2.35. The molecule has 0 unspecified atom stereocenters. The van der Waals surface area contributed by atoms with Crippen LogP contribution in [0, 0.1) is 13.8 Å². The largest absolute Gasteiger partial charge is 0.476 e. The van der Waals surface area contributed by atoms with Crippen molar-refractivity contribution in [3.63, 3.8) is 0 Å². The summed E-state index contributed by atoms with van der Waals surface area (Å²) in [6.45, 7) is 4.44. The van der Waals surface area contributed by atoms with Crippen LogP contribution in [0.25, 0.3) is 0 Å². The summed E-state index contributed by atoms with van der Waals surface area (Å²) in [4.78, 5) is 12.6. The first kappa shape index (κ1) is 21.5. The average molecular weight is 435 g/mol. The fourth-order valence-electron chi connectivity index (χ4n) is 3.13. The maximum atomic E-state index is 12.6. The van der Waals surface area contributed by atoms with Gasteiger partial charge in [-0.25, -0.2) is 8.42 Å². The number of anilines is 1. The predicted octanol–water partition coefficient (Wildman–Crippen LogP) is 2.88. The Balaban J connectivity index is 1.56. The third-order valence-corrected chi connectivity index (χ3v) is 6.90. The third-order valence-electron chi connectivity index (χ3n) is 4.74. The quantitative estimate of drug-likeness (QED) is 0.678. The van der Waals surface area contributed by atoms with Gasteiger partial charge in [0.05, 0.1) is 18.5 Å². The molecular formula is C21H26N2O4S2. The minimum absolute atomic E-state index is 0.0303. The van der Waals surface area contributed by atoms with Crippen molar-refractivity contribution < 1.29 is 17.9 Å². The molecule has 8 heteroatoms. The Kier molecular flexibility index (Phi) is 6.74. The van der Waals surface area contributed by atoms with E-state index in [4.69, 9.17) is 4.74 Å². The van der Waals surface area contributed by atoms with Gasteiger partial charge in [0.15, 0.2) is 6.10 Å². The molecule has 1 amide bonds. The summed E-state index contributed by atoms with van der Waals surface area (Å²) in [5.74, 6) is 1.75. The number of thioether (sulfide) groups is 1. The molecule has 156 valence electrons. The number of nitrogens with zero attached hydrogens (tertiary/aromatic N) is 1. The standard InChI is InChI=1S/C21H26N2O4S2/c1-15-8-9-19-18(12-15)23(29(3,25)26)13-20(27-19)21(24)22-10-11-28-14-17-7-5-4-6-16(17)2/h4-9,12,20H,10-11,13-14H2,1-3H3,(H,22,24)/t20-/m0/s1. The zero-order valence-corrected chi connectivity index (χ0v) is 18.5. The van der Waals surface area contributed by atoms with E-state index in [0.29, 0.717) is 18.0 Å². The average Bonchev–Trinajstić information content (AvgIpc) is 2.67. The van der Waals surface area contributed by atoms with Crippen molar-refractivity contribution >= 4 is 33.4 Å². The number of sulfonamides is 1. The molecule has 6 nitrogen and oxygen atoms in total. The van der Waals surface area contributed by atoms with Crippen LogP contribution < -0.4 is 14.4 Å². The Morgan fingerprint density at radius 1 is 1.24 bits per heavy atom. The number of ether oxygens (including phenoxy) is 1. The lowest BCUT2D eigenvalue weighted by atomic mass is 10.1.